The molecule has 2 nitrogen and oxygen atoms in total. The van der Waals surface area contributed by atoms with Crippen LogP contribution >= 0.6 is 24.8 Å². The van der Waals surface area contributed by atoms with Crippen LogP contribution in [-0.2, 0) is 25.9 Å². The van der Waals surface area contributed by atoms with Gasteiger partial charge >= 0.3 is 0 Å². The van der Waals surface area contributed by atoms with Gasteiger partial charge in [0.05, 0.1) is 0 Å². The fourth-order valence-corrected chi connectivity index (χ4v) is 6.03. The topological polar surface area (TPSA) is 24.1 Å². The number of unbranched alkanes of at least 4 members (excludes halogenated alkanes) is 6. The van der Waals surface area contributed by atoms with Gasteiger partial charge in [-0.15, -0.1) is 24.8 Å². The Morgan fingerprint density at radius 1 is 0.579 bits per heavy atom. The van der Waals surface area contributed by atoms with Crippen molar-refractivity contribution >= 4 is 24.8 Å². The summed E-state index contributed by atoms with van der Waals surface area (Å²) in [5, 5.41) is 7.66. The Hall–Kier alpha value is -1.06. The van der Waals surface area contributed by atoms with Gasteiger partial charge in [-0.3, -0.25) is 0 Å². The predicted octanol–water partition coefficient (Wildman–Crippen LogP) is 9.46. The number of rotatable bonds is 18. The lowest BCUT2D eigenvalue weighted by molar-refractivity contribution is 0.252. The Bertz CT molecular complexity index is 773. The number of hydrogen-bond donors (Lipinski definition) is 2. The van der Waals surface area contributed by atoms with Crippen LogP contribution in [-0.4, -0.2) is 13.1 Å². The second kappa shape index (κ2) is 21.7. The van der Waals surface area contributed by atoms with E-state index >= 15 is 0 Å². The van der Waals surface area contributed by atoms with Gasteiger partial charge in [-0.25, -0.2) is 0 Å². The highest BCUT2D eigenvalue weighted by molar-refractivity contribution is 5.85. The summed E-state index contributed by atoms with van der Waals surface area (Å²) >= 11 is 0. The Kier molecular flexibility index (Phi) is 20.0. The lowest BCUT2D eigenvalue weighted by Gasteiger charge is -2.30. The zero-order valence-electron chi connectivity index (χ0n) is 24.3. The maximum Gasteiger partial charge on any atom is 0.0208 e. The summed E-state index contributed by atoms with van der Waals surface area (Å²) in [7, 11) is 0. The van der Waals surface area contributed by atoms with Gasteiger partial charge in [-0.2, -0.15) is 0 Å². The molecule has 0 amide bonds. The van der Waals surface area contributed by atoms with Gasteiger partial charge in [0.25, 0.3) is 0 Å². The minimum absolute atomic E-state index is 0. The maximum absolute atomic E-state index is 3.83. The Balaban J connectivity index is 0.00000361. The van der Waals surface area contributed by atoms with E-state index in [0.717, 1.165) is 24.9 Å². The molecule has 2 aromatic rings. The Morgan fingerprint density at radius 3 is 1.42 bits per heavy atom. The normalized spacial score (nSPS) is 17.0. The van der Waals surface area contributed by atoms with Crippen LogP contribution in [0, 0.1) is 11.8 Å². The van der Waals surface area contributed by atoms with Crippen LogP contribution in [0.3, 0.4) is 0 Å². The summed E-state index contributed by atoms with van der Waals surface area (Å²) in [4.78, 5) is 0. The second-order valence-corrected chi connectivity index (χ2v) is 11.3. The first-order chi connectivity index (χ1) is 17.8. The zero-order valence-corrected chi connectivity index (χ0v) is 26.0. The highest BCUT2D eigenvalue weighted by Gasteiger charge is 2.21. The van der Waals surface area contributed by atoms with Crippen LogP contribution in [0.25, 0.3) is 0 Å². The molecule has 4 heteroatoms. The third-order valence-electron chi connectivity index (χ3n) is 8.22. The molecule has 1 aliphatic carbocycles. The highest BCUT2D eigenvalue weighted by atomic mass is 35.5. The summed E-state index contributed by atoms with van der Waals surface area (Å²) in [5.74, 6) is 1.65. The number of halogens is 2. The van der Waals surface area contributed by atoms with Crippen molar-refractivity contribution in [2.45, 2.75) is 117 Å². The first-order valence-corrected chi connectivity index (χ1v) is 15.3. The first kappa shape index (κ1) is 35.0. The fourth-order valence-electron chi connectivity index (χ4n) is 6.03. The number of benzene rings is 2. The molecule has 2 unspecified atom stereocenters. The van der Waals surface area contributed by atoms with Crippen LogP contribution in [0.5, 0.6) is 0 Å². The van der Waals surface area contributed by atoms with E-state index in [2.05, 4.69) is 73.0 Å². The number of nitrogens with one attached hydrogen (secondary N) is 2. The van der Waals surface area contributed by atoms with Crippen molar-refractivity contribution < 1.29 is 0 Å². The monoisotopic (exact) mass is 562 g/mol. The quantitative estimate of drug-likeness (QED) is 0.177. The average Bonchev–Trinajstić information content (AvgIpc) is 2.91. The molecule has 0 aliphatic heterocycles. The van der Waals surface area contributed by atoms with Crippen molar-refractivity contribution in [3.05, 3.63) is 70.8 Å². The van der Waals surface area contributed by atoms with Crippen molar-refractivity contribution in [1.82, 2.24) is 10.6 Å². The molecule has 3 rings (SSSR count). The van der Waals surface area contributed by atoms with E-state index in [1.54, 1.807) is 11.1 Å². The molecular formula is C34H56Cl2N2. The molecule has 0 heterocycles. The summed E-state index contributed by atoms with van der Waals surface area (Å²) in [6.07, 6.45) is 18.7. The third kappa shape index (κ3) is 13.3. The van der Waals surface area contributed by atoms with Crippen LogP contribution in [0.1, 0.15) is 113 Å². The van der Waals surface area contributed by atoms with Gasteiger partial charge in [0.2, 0.25) is 0 Å². The van der Waals surface area contributed by atoms with Crippen molar-refractivity contribution in [2.75, 3.05) is 13.1 Å². The van der Waals surface area contributed by atoms with E-state index in [1.807, 2.05) is 0 Å². The highest BCUT2D eigenvalue weighted by Crippen LogP contribution is 2.28. The average molecular weight is 564 g/mol. The van der Waals surface area contributed by atoms with Crippen molar-refractivity contribution in [3.8, 4) is 0 Å². The minimum Gasteiger partial charge on any atom is -0.312 e. The molecule has 2 aromatic carbocycles. The van der Waals surface area contributed by atoms with E-state index in [9.17, 15) is 0 Å². The summed E-state index contributed by atoms with van der Waals surface area (Å²) < 4.78 is 0. The predicted molar refractivity (Wildman–Crippen MR) is 172 cm³/mol. The van der Waals surface area contributed by atoms with Gasteiger partial charge in [0.1, 0.15) is 0 Å². The van der Waals surface area contributed by atoms with E-state index < -0.39 is 0 Å². The molecule has 0 radical (unpaired) electrons. The van der Waals surface area contributed by atoms with E-state index in [0.29, 0.717) is 0 Å². The van der Waals surface area contributed by atoms with Crippen LogP contribution in [0.15, 0.2) is 48.5 Å². The van der Waals surface area contributed by atoms with Crippen molar-refractivity contribution in [3.63, 3.8) is 0 Å². The Labute approximate surface area is 247 Å². The SMILES string of the molecule is CCCCCCc1ccccc1CNCC1CCCC(CNCc2ccccc2CCCCCC)C1.Cl.Cl. The van der Waals surface area contributed by atoms with Gasteiger partial charge in [-0.1, -0.05) is 107 Å². The molecule has 0 bridgehead atoms. The molecule has 1 saturated carbocycles. The molecular weight excluding hydrogens is 507 g/mol. The van der Waals surface area contributed by atoms with Crippen LogP contribution in [0.4, 0.5) is 0 Å². The summed E-state index contributed by atoms with van der Waals surface area (Å²) in [5.41, 5.74) is 6.13. The first-order valence-electron chi connectivity index (χ1n) is 15.3. The molecule has 2 N–H and O–H groups in total. The molecule has 0 spiro atoms. The number of hydrogen-bond acceptors (Lipinski definition) is 2. The molecule has 2 atom stereocenters. The van der Waals surface area contributed by atoms with Crippen molar-refractivity contribution in [2.24, 2.45) is 11.8 Å². The molecule has 216 valence electrons. The van der Waals surface area contributed by atoms with Gasteiger partial charge in [0, 0.05) is 13.1 Å². The van der Waals surface area contributed by atoms with E-state index in [-0.39, 0.29) is 24.8 Å². The van der Waals surface area contributed by atoms with Gasteiger partial charge in [-0.05, 0) is 92.1 Å². The van der Waals surface area contributed by atoms with Gasteiger partial charge < -0.3 is 10.6 Å². The smallest absolute Gasteiger partial charge is 0.0208 e. The van der Waals surface area contributed by atoms with E-state index in [4.69, 9.17) is 0 Å². The lowest BCUT2D eigenvalue weighted by Crippen LogP contribution is -2.31. The van der Waals surface area contributed by atoms with Crippen LogP contribution in [0.2, 0.25) is 0 Å². The maximum atomic E-state index is 3.83. The Morgan fingerprint density at radius 2 is 1.00 bits per heavy atom. The number of aryl methyl sites for hydroxylation is 2. The molecule has 0 aromatic heterocycles. The second-order valence-electron chi connectivity index (χ2n) is 11.3. The standard InChI is InChI=1S/C34H54N2.2ClH/c1-3-5-7-9-18-31-20-11-13-22-33(31)27-35-25-29-16-15-17-30(24-29)26-36-28-34-23-14-12-21-32(34)19-10-8-6-4-2;;/h11-14,20-23,29-30,35-36H,3-10,15-19,24-28H2,1-2H3;2*1H. The van der Waals surface area contributed by atoms with Crippen molar-refractivity contribution in [1.29, 1.82) is 0 Å². The van der Waals surface area contributed by atoms with Crippen LogP contribution < -0.4 is 10.6 Å². The van der Waals surface area contributed by atoms with E-state index in [1.165, 1.54) is 114 Å². The summed E-state index contributed by atoms with van der Waals surface area (Å²) in [6, 6.07) is 18.2. The molecule has 0 saturated heterocycles. The minimum atomic E-state index is 0. The molecule has 1 aliphatic rings. The third-order valence-corrected chi connectivity index (χ3v) is 8.22. The molecule has 38 heavy (non-hydrogen) atoms. The molecule has 1 fully saturated rings. The fraction of sp³-hybridized carbons (Fsp3) is 0.647. The van der Waals surface area contributed by atoms with Gasteiger partial charge in [0.15, 0.2) is 0 Å². The zero-order chi connectivity index (χ0) is 25.3. The lowest BCUT2D eigenvalue weighted by atomic mass is 9.81. The summed E-state index contributed by atoms with van der Waals surface area (Å²) in [6.45, 7) is 8.97. The largest absolute Gasteiger partial charge is 0.312 e.